The summed E-state index contributed by atoms with van der Waals surface area (Å²) < 4.78 is 0. The topological polar surface area (TPSA) is 37.3 Å². The van der Waals surface area contributed by atoms with E-state index in [1.807, 2.05) is 19.1 Å². The van der Waals surface area contributed by atoms with Crippen LogP contribution in [-0.4, -0.2) is 10.9 Å². The lowest BCUT2D eigenvalue weighted by atomic mass is 9.64. The molecule has 2 heteroatoms. The number of hydrogen-bond donors (Lipinski definition) is 1. The van der Waals surface area contributed by atoms with Crippen LogP contribution >= 0.6 is 0 Å². The number of allylic oxidation sites excluding steroid dienone is 2. The van der Waals surface area contributed by atoms with E-state index in [1.54, 1.807) is 6.07 Å². The largest absolute Gasteiger partial charge is 0.508 e. The summed E-state index contributed by atoms with van der Waals surface area (Å²) in [6.07, 6.45) is 2.55. The first-order chi connectivity index (χ1) is 8.95. The SMILES string of the molecule is CC1=C2c3ccc(O)cc3CC2(C(C)C)CCC1=O. The first-order valence-corrected chi connectivity index (χ1v) is 7.02. The lowest BCUT2D eigenvalue weighted by Crippen LogP contribution is -2.32. The molecule has 0 bridgehead atoms. The normalized spacial score (nSPS) is 25.8. The zero-order chi connectivity index (χ0) is 13.8. The van der Waals surface area contributed by atoms with Crippen LogP contribution in [-0.2, 0) is 11.2 Å². The fourth-order valence-electron chi connectivity index (χ4n) is 3.90. The maximum atomic E-state index is 12.1. The van der Waals surface area contributed by atoms with Gasteiger partial charge in [-0.3, -0.25) is 4.79 Å². The van der Waals surface area contributed by atoms with Crippen LogP contribution in [0.3, 0.4) is 0 Å². The molecule has 100 valence electrons. The third-order valence-corrected chi connectivity index (χ3v) is 5.06. The highest BCUT2D eigenvalue weighted by molar-refractivity contribution is 6.06. The minimum Gasteiger partial charge on any atom is -0.508 e. The second kappa shape index (κ2) is 3.96. The standard InChI is InChI=1S/C17H20O2/c1-10(2)17-7-6-15(19)11(3)16(17)14-5-4-13(18)8-12(14)9-17/h4-5,8,10,18H,6-7,9H2,1-3H3. The Kier molecular flexibility index (Phi) is 2.60. The van der Waals surface area contributed by atoms with Gasteiger partial charge >= 0.3 is 0 Å². The molecule has 19 heavy (non-hydrogen) atoms. The summed E-state index contributed by atoms with van der Waals surface area (Å²) in [4.78, 5) is 12.1. The number of carbonyl (C=O) groups excluding carboxylic acids is 1. The van der Waals surface area contributed by atoms with Gasteiger partial charge in [-0.2, -0.15) is 0 Å². The van der Waals surface area contributed by atoms with Crippen molar-refractivity contribution in [1.29, 1.82) is 0 Å². The molecule has 0 amide bonds. The summed E-state index contributed by atoms with van der Waals surface area (Å²) in [6.45, 7) is 6.46. The quantitative estimate of drug-likeness (QED) is 0.831. The molecular weight excluding hydrogens is 236 g/mol. The van der Waals surface area contributed by atoms with Crippen LogP contribution in [0.25, 0.3) is 5.57 Å². The highest BCUT2D eigenvalue weighted by atomic mass is 16.3. The Morgan fingerprint density at radius 3 is 2.74 bits per heavy atom. The van der Waals surface area contributed by atoms with Gasteiger partial charge in [-0.1, -0.05) is 19.9 Å². The minimum absolute atomic E-state index is 0.0914. The monoisotopic (exact) mass is 256 g/mol. The van der Waals surface area contributed by atoms with E-state index >= 15 is 0 Å². The van der Waals surface area contributed by atoms with Gasteiger partial charge in [0.1, 0.15) is 5.75 Å². The Hall–Kier alpha value is -1.57. The van der Waals surface area contributed by atoms with Crippen LogP contribution in [0, 0.1) is 11.3 Å². The zero-order valence-corrected chi connectivity index (χ0v) is 11.8. The van der Waals surface area contributed by atoms with Gasteiger partial charge in [0, 0.05) is 11.8 Å². The number of fused-ring (bicyclic) bond motifs is 3. The summed E-state index contributed by atoms with van der Waals surface area (Å²) in [6, 6.07) is 5.57. The third-order valence-electron chi connectivity index (χ3n) is 5.06. The van der Waals surface area contributed by atoms with Gasteiger partial charge in [0.25, 0.3) is 0 Å². The van der Waals surface area contributed by atoms with Crippen LogP contribution < -0.4 is 0 Å². The Morgan fingerprint density at radius 1 is 1.32 bits per heavy atom. The van der Waals surface area contributed by atoms with E-state index in [9.17, 15) is 9.90 Å². The number of ketones is 1. The number of carbonyl (C=O) groups is 1. The number of Topliss-reactive ketones (excluding diaryl/α,β-unsaturated/α-hetero) is 1. The van der Waals surface area contributed by atoms with Crippen molar-refractivity contribution in [3.05, 3.63) is 34.9 Å². The first kappa shape index (κ1) is 12.5. The fourth-order valence-corrected chi connectivity index (χ4v) is 3.90. The van der Waals surface area contributed by atoms with E-state index in [2.05, 4.69) is 13.8 Å². The molecule has 0 fully saturated rings. The summed E-state index contributed by atoms with van der Waals surface area (Å²) in [5.74, 6) is 1.10. The van der Waals surface area contributed by atoms with Crippen molar-refractivity contribution in [2.45, 2.75) is 40.0 Å². The Morgan fingerprint density at radius 2 is 2.05 bits per heavy atom. The number of rotatable bonds is 1. The maximum absolute atomic E-state index is 12.1. The molecule has 1 aromatic rings. The number of phenolic OH excluding ortho intramolecular Hbond substituents is 1. The van der Waals surface area contributed by atoms with Crippen molar-refractivity contribution in [2.24, 2.45) is 11.3 Å². The fraction of sp³-hybridized carbons (Fsp3) is 0.471. The zero-order valence-electron chi connectivity index (χ0n) is 11.8. The number of benzene rings is 1. The van der Waals surface area contributed by atoms with Crippen LogP contribution in [0.1, 0.15) is 44.7 Å². The van der Waals surface area contributed by atoms with Gasteiger partial charge < -0.3 is 5.11 Å². The maximum Gasteiger partial charge on any atom is 0.158 e. The highest BCUT2D eigenvalue weighted by Crippen LogP contribution is 2.57. The molecule has 0 spiro atoms. The number of phenols is 1. The molecular formula is C17H20O2. The lowest BCUT2D eigenvalue weighted by molar-refractivity contribution is -0.116. The molecule has 0 aromatic heterocycles. The number of aromatic hydroxyl groups is 1. The molecule has 1 N–H and O–H groups in total. The summed E-state index contributed by atoms with van der Waals surface area (Å²) >= 11 is 0. The van der Waals surface area contributed by atoms with E-state index in [1.165, 1.54) is 16.7 Å². The van der Waals surface area contributed by atoms with E-state index in [4.69, 9.17) is 0 Å². The highest BCUT2D eigenvalue weighted by Gasteiger charge is 2.47. The average molecular weight is 256 g/mol. The minimum atomic E-state index is 0.0914. The molecule has 2 nitrogen and oxygen atoms in total. The van der Waals surface area contributed by atoms with Crippen molar-refractivity contribution in [2.75, 3.05) is 0 Å². The predicted molar refractivity (Wildman–Crippen MR) is 75.9 cm³/mol. The Balaban J connectivity index is 2.28. The Labute approximate surface area is 114 Å². The van der Waals surface area contributed by atoms with E-state index in [-0.39, 0.29) is 11.2 Å². The average Bonchev–Trinajstić information content (AvgIpc) is 2.69. The lowest BCUT2D eigenvalue weighted by Gasteiger charge is -2.39. The van der Waals surface area contributed by atoms with Crippen molar-refractivity contribution in [3.63, 3.8) is 0 Å². The van der Waals surface area contributed by atoms with E-state index in [0.29, 0.717) is 18.1 Å². The molecule has 0 radical (unpaired) electrons. The second-order valence-corrected chi connectivity index (χ2v) is 6.25. The molecule has 2 aliphatic rings. The smallest absolute Gasteiger partial charge is 0.158 e. The van der Waals surface area contributed by atoms with Crippen molar-refractivity contribution >= 4 is 11.4 Å². The van der Waals surface area contributed by atoms with Crippen LogP contribution in [0.2, 0.25) is 0 Å². The summed E-state index contributed by atoms with van der Waals surface area (Å²) in [5, 5.41) is 9.69. The van der Waals surface area contributed by atoms with Gasteiger partial charge in [0.05, 0.1) is 0 Å². The molecule has 1 aromatic carbocycles. The molecule has 2 aliphatic carbocycles. The van der Waals surface area contributed by atoms with Crippen molar-refractivity contribution < 1.29 is 9.90 Å². The van der Waals surface area contributed by atoms with Gasteiger partial charge in [-0.05, 0) is 60.1 Å². The molecule has 0 saturated carbocycles. The van der Waals surface area contributed by atoms with Gasteiger partial charge in [0.15, 0.2) is 5.78 Å². The van der Waals surface area contributed by atoms with Gasteiger partial charge in [-0.15, -0.1) is 0 Å². The second-order valence-electron chi connectivity index (χ2n) is 6.25. The molecule has 0 saturated heterocycles. The van der Waals surface area contributed by atoms with Crippen LogP contribution in [0.4, 0.5) is 0 Å². The molecule has 1 unspecified atom stereocenters. The molecule has 0 heterocycles. The van der Waals surface area contributed by atoms with E-state index in [0.717, 1.165) is 18.4 Å². The predicted octanol–water partition coefficient (Wildman–Crippen LogP) is 3.73. The van der Waals surface area contributed by atoms with Gasteiger partial charge in [-0.25, -0.2) is 0 Å². The molecule has 0 aliphatic heterocycles. The van der Waals surface area contributed by atoms with Crippen molar-refractivity contribution in [3.8, 4) is 5.75 Å². The van der Waals surface area contributed by atoms with E-state index < -0.39 is 0 Å². The van der Waals surface area contributed by atoms with Gasteiger partial charge in [0.2, 0.25) is 0 Å². The molecule has 1 atom stereocenters. The summed E-state index contributed by atoms with van der Waals surface area (Å²) in [5.41, 5.74) is 4.64. The molecule has 3 rings (SSSR count). The van der Waals surface area contributed by atoms with Crippen LogP contribution in [0.5, 0.6) is 5.75 Å². The number of hydrogen-bond acceptors (Lipinski definition) is 2. The summed E-state index contributed by atoms with van der Waals surface area (Å²) in [7, 11) is 0. The Bertz CT molecular complexity index is 595. The first-order valence-electron chi connectivity index (χ1n) is 7.02. The van der Waals surface area contributed by atoms with Crippen molar-refractivity contribution in [1.82, 2.24) is 0 Å². The third kappa shape index (κ3) is 1.59. The van der Waals surface area contributed by atoms with Crippen LogP contribution in [0.15, 0.2) is 23.8 Å².